The number of nitrogens with one attached hydrogen (secondary N) is 1. The minimum atomic E-state index is -0.795. The quantitative estimate of drug-likeness (QED) is 0.830. The van der Waals surface area contributed by atoms with E-state index in [2.05, 4.69) is 10.1 Å². The number of amides is 1. The van der Waals surface area contributed by atoms with E-state index in [1.165, 1.54) is 13.2 Å². The fraction of sp³-hybridized carbons (Fsp3) is 0.429. The molecule has 0 heterocycles. The zero-order valence-electron chi connectivity index (χ0n) is 12.0. The second-order valence-electron chi connectivity index (χ2n) is 5.51. The molecular formula is C14H19FN2O3. The molecule has 0 aromatic heterocycles. The predicted molar refractivity (Wildman–Crippen MR) is 73.8 cm³/mol. The number of methoxy groups -OCH3 is 1. The molecule has 0 saturated carbocycles. The second-order valence-corrected chi connectivity index (χ2v) is 5.51. The first-order valence-electron chi connectivity index (χ1n) is 6.11. The van der Waals surface area contributed by atoms with Gasteiger partial charge in [0.05, 0.1) is 24.4 Å². The van der Waals surface area contributed by atoms with Crippen LogP contribution in [0.15, 0.2) is 18.2 Å². The molecule has 20 heavy (non-hydrogen) atoms. The second kappa shape index (κ2) is 6.00. The van der Waals surface area contributed by atoms with Crippen LogP contribution in [0.1, 0.15) is 31.1 Å². The smallest absolute Gasteiger partial charge is 0.339 e. The van der Waals surface area contributed by atoms with Crippen LogP contribution in [0.3, 0.4) is 0 Å². The molecule has 0 bridgehead atoms. The summed E-state index contributed by atoms with van der Waals surface area (Å²) in [6, 6.07) is 2.63. The van der Waals surface area contributed by atoms with Gasteiger partial charge in [-0.25, -0.2) is 9.18 Å². The molecular weight excluding hydrogens is 263 g/mol. The minimum Gasteiger partial charge on any atom is -0.465 e. The molecule has 0 saturated heterocycles. The third-order valence-corrected chi connectivity index (χ3v) is 2.86. The number of carbonyl (C=O) groups excluding carboxylic acids is 2. The van der Waals surface area contributed by atoms with Crippen LogP contribution in [0, 0.1) is 11.2 Å². The van der Waals surface area contributed by atoms with Crippen molar-refractivity contribution in [3.8, 4) is 0 Å². The highest BCUT2D eigenvalue weighted by Crippen LogP contribution is 2.22. The first-order chi connectivity index (χ1) is 9.16. The maximum absolute atomic E-state index is 13.3. The van der Waals surface area contributed by atoms with Crippen molar-refractivity contribution in [3.05, 3.63) is 29.6 Å². The van der Waals surface area contributed by atoms with E-state index in [-0.39, 0.29) is 11.3 Å². The fourth-order valence-electron chi connectivity index (χ4n) is 1.51. The number of carbonyl (C=O) groups is 2. The number of hydrogen-bond acceptors (Lipinski definition) is 4. The Morgan fingerprint density at radius 3 is 2.45 bits per heavy atom. The van der Waals surface area contributed by atoms with Gasteiger partial charge in [-0.3, -0.25) is 4.79 Å². The van der Waals surface area contributed by atoms with Crippen molar-refractivity contribution in [2.24, 2.45) is 11.1 Å². The summed E-state index contributed by atoms with van der Waals surface area (Å²) in [5.74, 6) is -1.73. The molecule has 0 aliphatic rings. The Kier molecular flexibility index (Phi) is 4.83. The highest BCUT2D eigenvalue weighted by molar-refractivity contribution is 6.02. The number of rotatable bonds is 3. The van der Waals surface area contributed by atoms with E-state index in [9.17, 15) is 14.0 Å². The zero-order valence-corrected chi connectivity index (χ0v) is 12.0. The van der Waals surface area contributed by atoms with Gasteiger partial charge in [0.25, 0.3) is 0 Å². The van der Waals surface area contributed by atoms with Gasteiger partial charge in [0, 0.05) is 0 Å². The van der Waals surface area contributed by atoms with Gasteiger partial charge >= 0.3 is 5.97 Å². The lowest BCUT2D eigenvalue weighted by atomic mass is 9.87. The fourth-order valence-corrected chi connectivity index (χ4v) is 1.51. The maximum Gasteiger partial charge on any atom is 0.339 e. The number of halogens is 1. The molecule has 0 fully saturated rings. The van der Waals surface area contributed by atoms with E-state index < -0.39 is 29.2 Å². The Hall–Kier alpha value is -1.95. The molecule has 0 aliphatic heterocycles. The Balaban J connectivity index is 3.05. The molecule has 1 rings (SSSR count). The lowest BCUT2D eigenvalue weighted by Crippen LogP contribution is -2.45. The van der Waals surface area contributed by atoms with Crippen LogP contribution < -0.4 is 11.1 Å². The van der Waals surface area contributed by atoms with Crippen molar-refractivity contribution in [1.29, 1.82) is 0 Å². The molecule has 1 aromatic carbocycles. The Labute approximate surface area is 117 Å². The van der Waals surface area contributed by atoms with Crippen molar-refractivity contribution in [3.63, 3.8) is 0 Å². The molecule has 110 valence electrons. The highest BCUT2D eigenvalue weighted by atomic mass is 19.1. The topological polar surface area (TPSA) is 81.4 Å². The number of ether oxygens (including phenoxy) is 1. The first-order valence-corrected chi connectivity index (χ1v) is 6.11. The van der Waals surface area contributed by atoms with E-state index in [4.69, 9.17) is 5.73 Å². The molecule has 0 spiro atoms. The van der Waals surface area contributed by atoms with Crippen LogP contribution in [0.4, 0.5) is 10.1 Å². The first kappa shape index (κ1) is 16.1. The van der Waals surface area contributed by atoms with Gasteiger partial charge in [-0.1, -0.05) is 20.8 Å². The number of benzene rings is 1. The van der Waals surface area contributed by atoms with Gasteiger partial charge in [-0.15, -0.1) is 0 Å². The summed E-state index contributed by atoms with van der Waals surface area (Å²) in [4.78, 5) is 23.6. The van der Waals surface area contributed by atoms with Gasteiger partial charge in [0.2, 0.25) is 5.91 Å². The van der Waals surface area contributed by atoms with Gasteiger partial charge in [-0.05, 0) is 23.6 Å². The minimum absolute atomic E-state index is 0.0431. The van der Waals surface area contributed by atoms with Gasteiger partial charge in [0.15, 0.2) is 0 Å². The van der Waals surface area contributed by atoms with Crippen LogP contribution in [-0.2, 0) is 9.53 Å². The number of nitrogens with two attached hydrogens (primary N) is 1. The molecule has 1 unspecified atom stereocenters. The van der Waals surface area contributed by atoms with E-state index in [0.29, 0.717) is 0 Å². The third-order valence-electron chi connectivity index (χ3n) is 2.86. The van der Waals surface area contributed by atoms with Gasteiger partial charge < -0.3 is 15.8 Å². The molecule has 0 aliphatic carbocycles. The van der Waals surface area contributed by atoms with E-state index in [0.717, 1.165) is 12.1 Å². The largest absolute Gasteiger partial charge is 0.465 e. The Bertz CT molecular complexity index is 524. The molecule has 1 amide bonds. The molecule has 6 heteroatoms. The maximum atomic E-state index is 13.3. The van der Waals surface area contributed by atoms with Crippen LogP contribution in [-0.4, -0.2) is 25.0 Å². The third kappa shape index (κ3) is 3.77. The average molecular weight is 282 g/mol. The summed E-state index contributed by atoms with van der Waals surface area (Å²) in [6.45, 7) is 5.43. The summed E-state index contributed by atoms with van der Waals surface area (Å²) in [5, 5.41) is 2.47. The van der Waals surface area contributed by atoms with Gasteiger partial charge in [-0.2, -0.15) is 0 Å². The van der Waals surface area contributed by atoms with Crippen LogP contribution >= 0.6 is 0 Å². The molecule has 5 nitrogen and oxygen atoms in total. The van der Waals surface area contributed by atoms with Crippen molar-refractivity contribution in [2.75, 3.05) is 12.4 Å². The van der Waals surface area contributed by atoms with Crippen molar-refractivity contribution >= 4 is 17.6 Å². The molecule has 1 aromatic rings. The van der Waals surface area contributed by atoms with Crippen molar-refractivity contribution in [2.45, 2.75) is 26.8 Å². The Morgan fingerprint density at radius 2 is 1.95 bits per heavy atom. The standard InChI is InChI=1S/C14H19FN2O3/c1-14(2,3)11(16)12(18)17-10-7-8(15)5-6-9(10)13(19)20-4/h5-7,11H,16H2,1-4H3,(H,17,18). The van der Waals surface area contributed by atoms with E-state index >= 15 is 0 Å². The lowest BCUT2D eigenvalue weighted by Gasteiger charge is -2.26. The number of hydrogen-bond donors (Lipinski definition) is 2. The summed E-state index contributed by atoms with van der Waals surface area (Å²) in [7, 11) is 1.21. The van der Waals surface area contributed by atoms with Crippen LogP contribution in [0.5, 0.6) is 0 Å². The normalized spacial score (nSPS) is 12.7. The predicted octanol–water partition coefficient (Wildman–Crippen LogP) is 1.92. The number of anilines is 1. The van der Waals surface area contributed by atoms with E-state index in [1.807, 2.05) is 20.8 Å². The van der Waals surface area contributed by atoms with Crippen molar-refractivity contribution in [1.82, 2.24) is 0 Å². The zero-order chi connectivity index (χ0) is 15.5. The summed E-state index contributed by atoms with van der Waals surface area (Å²) in [5.41, 5.74) is 5.48. The molecule has 3 N–H and O–H groups in total. The Morgan fingerprint density at radius 1 is 1.35 bits per heavy atom. The van der Waals surface area contributed by atoms with E-state index in [1.54, 1.807) is 0 Å². The van der Waals surface area contributed by atoms with Gasteiger partial charge in [0.1, 0.15) is 5.82 Å². The summed E-state index contributed by atoms with van der Waals surface area (Å²) >= 11 is 0. The van der Waals surface area contributed by atoms with Crippen LogP contribution in [0.25, 0.3) is 0 Å². The average Bonchev–Trinajstić information content (AvgIpc) is 2.36. The highest BCUT2D eigenvalue weighted by Gasteiger charge is 2.28. The molecule has 1 atom stereocenters. The lowest BCUT2D eigenvalue weighted by molar-refractivity contribution is -0.119. The monoisotopic (exact) mass is 282 g/mol. The van der Waals surface area contributed by atoms with Crippen molar-refractivity contribution < 1.29 is 18.7 Å². The summed E-state index contributed by atoms with van der Waals surface area (Å²) in [6.07, 6.45) is 0. The molecule has 0 radical (unpaired) electrons. The number of esters is 1. The summed E-state index contributed by atoms with van der Waals surface area (Å²) < 4.78 is 17.8. The SMILES string of the molecule is COC(=O)c1ccc(F)cc1NC(=O)C(N)C(C)(C)C. The van der Waals surface area contributed by atoms with Crippen LogP contribution in [0.2, 0.25) is 0 Å².